The number of benzene rings is 2. The van der Waals surface area contributed by atoms with Crippen molar-refractivity contribution in [1.82, 2.24) is 4.57 Å². The number of alkyl halides is 3. The third-order valence-corrected chi connectivity index (χ3v) is 5.41. The normalized spacial score (nSPS) is 13.2. The molecule has 0 amide bonds. The fourth-order valence-corrected chi connectivity index (χ4v) is 4.11. The largest absolute Gasteiger partial charge is 0.416 e. The zero-order valence-electron chi connectivity index (χ0n) is 15.3. The van der Waals surface area contributed by atoms with E-state index < -0.39 is 11.7 Å². The minimum absolute atomic E-state index is 0.0824. The first-order valence-corrected chi connectivity index (χ1v) is 9.99. The molecular formula is C20H17Cl2F3N2S. The van der Waals surface area contributed by atoms with Crippen molar-refractivity contribution in [3.63, 3.8) is 0 Å². The Morgan fingerprint density at radius 3 is 2.18 bits per heavy atom. The highest BCUT2D eigenvalue weighted by atomic mass is 35.5. The van der Waals surface area contributed by atoms with Gasteiger partial charge in [0.2, 0.25) is 0 Å². The first-order chi connectivity index (χ1) is 13.0. The number of hydrogen-bond acceptors (Lipinski definition) is 2. The van der Waals surface area contributed by atoms with Crippen LogP contribution in [0.3, 0.4) is 0 Å². The maximum absolute atomic E-state index is 13.1. The third-order valence-electron chi connectivity index (χ3n) is 4.01. The summed E-state index contributed by atoms with van der Waals surface area (Å²) in [5, 5.41) is 2.71. The fraction of sp³-hybridized carbons (Fsp3) is 0.250. The summed E-state index contributed by atoms with van der Waals surface area (Å²) in [4.78, 5) is 5.02. The second-order valence-corrected chi connectivity index (χ2v) is 8.87. The van der Waals surface area contributed by atoms with E-state index in [-0.39, 0.29) is 16.2 Å². The lowest BCUT2D eigenvalue weighted by atomic mass is 10.1. The molecule has 3 rings (SSSR count). The van der Waals surface area contributed by atoms with E-state index in [0.717, 1.165) is 23.4 Å². The topological polar surface area (TPSA) is 17.3 Å². The van der Waals surface area contributed by atoms with Gasteiger partial charge in [0.25, 0.3) is 0 Å². The van der Waals surface area contributed by atoms with Gasteiger partial charge >= 0.3 is 6.18 Å². The Kier molecular flexibility index (Phi) is 5.67. The molecule has 3 aromatic rings. The Bertz CT molecular complexity index is 1060. The van der Waals surface area contributed by atoms with Crippen molar-refractivity contribution < 1.29 is 13.2 Å². The van der Waals surface area contributed by atoms with E-state index in [1.54, 1.807) is 12.1 Å². The molecule has 28 heavy (non-hydrogen) atoms. The maximum Gasteiger partial charge on any atom is 0.416 e. The Morgan fingerprint density at radius 1 is 0.964 bits per heavy atom. The lowest BCUT2D eigenvalue weighted by Crippen LogP contribution is -2.31. The van der Waals surface area contributed by atoms with E-state index in [9.17, 15) is 13.2 Å². The second-order valence-electron chi connectivity index (χ2n) is 7.19. The summed E-state index contributed by atoms with van der Waals surface area (Å²) in [5.74, 6) is 0. The zero-order valence-corrected chi connectivity index (χ0v) is 17.6. The van der Waals surface area contributed by atoms with Crippen LogP contribution in [-0.2, 0) is 11.7 Å². The van der Waals surface area contributed by atoms with Gasteiger partial charge in [-0.3, -0.25) is 0 Å². The van der Waals surface area contributed by atoms with E-state index in [1.807, 2.05) is 42.9 Å². The summed E-state index contributed by atoms with van der Waals surface area (Å²) in [6.45, 7) is 6.02. The van der Waals surface area contributed by atoms with Crippen LogP contribution in [0, 0.1) is 0 Å². The molecular weight excluding hydrogens is 428 g/mol. The monoisotopic (exact) mass is 444 g/mol. The lowest BCUT2D eigenvalue weighted by molar-refractivity contribution is -0.137. The van der Waals surface area contributed by atoms with Crippen LogP contribution in [0.4, 0.5) is 18.9 Å². The van der Waals surface area contributed by atoms with E-state index in [4.69, 9.17) is 23.2 Å². The molecule has 0 radical (unpaired) electrons. The minimum atomic E-state index is -4.46. The predicted molar refractivity (Wildman–Crippen MR) is 109 cm³/mol. The Hall–Kier alpha value is -1.76. The Balaban J connectivity index is 2.22. The lowest BCUT2D eigenvalue weighted by Gasteiger charge is -2.24. The van der Waals surface area contributed by atoms with Gasteiger partial charge in [-0.15, -0.1) is 11.3 Å². The van der Waals surface area contributed by atoms with Crippen LogP contribution in [0.1, 0.15) is 26.3 Å². The van der Waals surface area contributed by atoms with E-state index in [2.05, 4.69) is 4.99 Å². The van der Waals surface area contributed by atoms with E-state index >= 15 is 0 Å². The highest BCUT2D eigenvalue weighted by Crippen LogP contribution is 2.35. The van der Waals surface area contributed by atoms with Crippen molar-refractivity contribution in [2.45, 2.75) is 32.5 Å². The van der Waals surface area contributed by atoms with Gasteiger partial charge in [-0.05, 0) is 56.7 Å². The summed E-state index contributed by atoms with van der Waals surface area (Å²) >= 11 is 13.4. The first-order valence-electron chi connectivity index (χ1n) is 8.35. The van der Waals surface area contributed by atoms with Gasteiger partial charge in [-0.2, -0.15) is 13.2 Å². The maximum atomic E-state index is 13.1. The first kappa shape index (κ1) is 21.0. The number of aromatic nitrogens is 1. The van der Waals surface area contributed by atoms with Gasteiger partial charge in [-0.1, -0.05) is 35.3 Å². The van der Waals surface area contributed by atoms with Crippen LogP contribution >= 0.6 is 34.5 Å². The standard InChI is InChI=1S/C20H17Cl2F3N2S/c1-19(2,3)27-17(12-4-7-14(21)8-5-12)11-28-18(27)26-16-10-13(20(23,24)25)6-9-15(16)22/h4-11H,1-3H3. The predicted octanol–water partition coefficient (Wildman–Crippen LogP) is 7.53. The summed E-state index contributed by atoms with van der Waals surface area (Å²) < 4.78 is 41.2. The number of thiazole rings is 1. The molecule has 1 heterocycles. The number of rotatable bonds is 2. The van der Waals surface area contributed by atoms with Crippen LogP contribution < -0.4 is 4.80 Å². The molecule has 0 spiro atoms. The number of halogens is 5. The molecule has 0 aliphatic rings. The quantitative estimate of drug-likeness (QED) is 0.388. The molecule has 0 fully saturated rings. The van der Waals surface area contributed by atoms with E-state index in [1.165, 1.54) is 17.4 Å². The average Bonchev–Trinajstić information content (AvgIpc) is 3.00. The van der Waals surface area contributed by atoms with Crippen LogP contribution in [0.15, 0.2) is 52.8 Å². The van der Waals surface area contributed by atoms with Gasteiger partial charge < -0.3 is 4.57 Å². The zero-order chi connectivity index (χ0) is 20.7. The van der Waals surface area contributed by atoms with Gasteiger partial charge in [0, 0.05) is 15.9 Å². The molecule has 2 aromatic carbocycles. The van der Waals surface area contributed by atoms with Crippen LogP contribution in [0.25, 0.3) is 11.3 Å². The highest BCUT2D eigenvalue weighted by molar-refractivity contribution is 7.07. The molecule has 0 saturated carbocycles. The molecule has 148 valence electrons. The number of nitrogens with zero attached hydrogens (tertiary/aromatic N) is 2. The molecule has 0 atom stereocenters. The molecule has 0 aliphatic carbocycles. The van der Waals surface area contributed by atoms with E-state index in [0.29, 0.717) is 9.82 Å². The fourth-order valence-electron chi connectivity index (χ4n) is 2.74. The van der Waals surface area contributed by atoms with Gasteiger partial charge in [0.15, 0.2) is 4.80 Å². The molecule has 0 unspecified atom stereocenters. The summed E-state index contributed by atoms with van der Waals surface area (Å²) in [6.07, 6.45) is -4.46. The molecule has 0 N–H and O–H groups in total. The molecule has 1 aromatic heterocycles. The van der Waals surface area contributed by atoms with Crippen molar-refractivity contribution in [2.75, 3.05) is 0 Å². The summed E-state index contributed by atoms with van der Waals surface area (Å²) in [6, 6.07) is 10.5. The van der Waals surface area contributed by atoms with Crippen molar-refractivity contribution in [3.8, 4) is 11.3 Å². The Morgan fingerprint density at radius 2 is 1.61 bits per heavy atom. The van der Waals surface area contributed by atoms with Crippen LogP contribution in [0.5, 0.6) is 0 Å². The minimum Gasteiger partial charge on any atom is -0.311 e. The summed E-state index contributed by atoms with van der Waals surface area (Å²) in [5.41, 5.74) is 0.775. The van der Waals surface area contributed by atoms with Gasteiger partial charge in [0.05, 0.1) is 22.0 Å². The van der Waals surface area contributed by atoms with Gasteiger partial charge in [0.1, 0.15) is 0 Å². The second kappa shape index (κ2) is 7.58. The van der Waals surface area contributed by atoms with Crippen molar-refractivity contribution in [2.24, 2.45) is 4.99 Å². The van der Waals surface area contributed by atoms with Crippen molar-refractivity contribution in [3.05, 3.63) is 68.3 Å². The molecule has 0 bridgehead atoms. The molecule has 8 heteroatoms. The smallest absolute Gasteiger partial charge is 0.311 e. The third kappa shape index (κ3) is 4.45. The van der Waals surface area contributed by atoms with Crippen LogP contribution in [0.2, 0.25) is 10.0 Å². The Labute approximate surface area is 174 Å². The van der Waals surface area contributed by atoms with Crippen molar-refractivity contribution in [1.29, 1.82) is 0 Å². The van der Waals surface area contributed by atoms with Crippen LogP contribution in [-0.4, -0.2) is 4.57 Å². The molecule has 2 nitrogen and oxygen atoms in total. The molecule has 0 saturated heterocycles. The molecule has 0 aliphatic heterocycles. The van der Waals surface area contributed by atoms with Gasteiger partial charge in [-0.25, -0.2) is 4.99 Å². The summed E-state index contributed by atoms with van der Waals surface area (Å²) in [7, 11) is 0. The highest BCUT2D eigenvalue weighted by Gasteiger charge is 2.31. The average molecular weight is 445 g/mol. The SMILES string of the molecule is CC(C)(C)n1c(-c2ccc(Cl)cc2)csc1=Nc1cc(C(F)(F)F)ccc1Cl. The number of hydrogen-bond donors (Lipinski definition) is 0. The van der Waals surface area contributed by atoms with Crippen molar-refractivity contribution >= 4 is 40.2 Å².